The Morgan fingerprint density at radius 2 is 2.21 bits per heavy atom. The number of hydrogen-bond donors (Lipinski definition) is 1. The first kappa shape index (κ1) is 13.5. The lowest BCUT2D eigenvalue weighted by Crippen LogP contribution is -2.10. The highest BCUT2D eigenvalue weighted by atomic mass is 35.5. The van der Waals surface area contributed by atoms with Crippen LogP contribution in [0.5, 0.6) is 5.75 Å². The number of benzene rings is 1. The summed E-state index contributed by atoms with van der Waals surface area (Å²) in [5.41, 5.74) is 6.20. The Bertz CT molecular complexity index is 580. The molecule has 0 unspecified atom stereocenters. The van der Waals surface area contributed by atoms with E-state index in [-0.39, 0.29) is 17.1 Å². The summed E-state index contributed by atoms with van der Waals surface area (Å²) in [6.45, 7) is 1.94. The monoisotopic (exact) mass is 281 g/mol. The predicted octanol–water partition coefficient (Wildman–Crippen LogP) is 3.38. The van der Waals surface area contributed by atoms with Crippen LogP contribution >= 0.6 is 11.6 Å². The average molecular weight is 282 g/mol. The summed E-state index contributed by atoms with van der Waals surface area (Å²) in [5.74, 6) is 0.188. The fourth-order valence-corrected chi connectivity index (χ4v) is 1.86. The largest absolute Gasteiger partial charge is 0.483 e. The van der Waals surface area contributed by atoms with Crippen LogP contribution in [0.2, 0.25) is 5.02 Å². The fraction of sp³-hybridized carbons (Fsp3) is 0.231. The minimum atomic E-state index is -0.406. The first-order valence-electron chi connectivity index (χ1n) is 5.80. The van der Waals surface area contributed by atoms with Gasteiger partial charge >= 0.3 is 0 Å². The van der Waals surface area contributed by atoms with E-state index >= 15 is 0 Å². The molecule has 0 saturated heterocycles. The van der Waals surface area contributed by atoms with Crippen LogP contribution < -0.4 is 10.5 Å². The van der Waals surface area contributed by atoms with E-state index in [2.05, 4.69) is 9.97 Å². The van der Waals surface area contributed by atoms with Crippen molar-refractivity contribution in [3.05, 3.63) is 47.0 Å². The third-order valence-corrected chi connectivity index (χ3v) is 2.85. The maximum absolute atomic E-state index is 13.0. The van der Waals surface area contributed by atoms with Crippen LogP contribution in [0.1, 0.15) is 25.1 Å². The molecule has 0 aliphatic carbocycles. The first-order chi connectivity index (χ1) is 9.10. The minimum absolute atomic E-state index is 0.185. The van der Waals surface area contributed by atoms with Crippen molar-refractivity contribution in [3.63, 3.8) is 0 Å². The van der Waals surface area contributed by atoms with E-state index in [9.17, 15) is 4.39 Å². The molecular weight excluding hydrogens is 269 g/mol. The molecule has 0 fully saturated rings. The molecule has 6 heteroatoms. The van der Waals surface area contributed by atoms with Gasteiger partial charge in [0.25, 0.3) is 0 Å². The van der Waals surface area contributed by atoms with Gasteiger partial charge in [0, 0.05) is 6.20 Å². The van der Waals surface area contributed by atoms with E-state index < -0.39 is 5.82 Å². The lowest BCUT2D eigenvalue weighted by molar-refractivity contribution is 0.196. The maximum Gasteiger partial charge on any atom is 0.220 e. The molecule has 1 atom stereocenters. The number of nitrogen functional groups attached to an aromatic ring is 1. The zero-order valence-corrected chi connectivity index (χ0v) is 11.1. The SMILES string of the molecule is CC[C@@H](Oc1ccc(F)cc1Cl)c1ccnc(N)n1. The maximum atomic E-state index is 13.0. The zero-order valence-electron chi connectivity index (χ0n) is 10.3. The standard InChI is InChI=1S/C13H13ClFN3O/c1-2-11(10-5-6-17-13(16)18-10)19-12-4-3-8(15)7-9(12)14/h3-7,11H,2H2,1H3,(H2,16,17,18)/t11-/m1/s1. The predicted molar refractivity (Wildman–Crippen MR) is 71.5 cm³/mol. The Labute approximate surface area is 115 Å². The van der Waals surface area contributed by atoms with Crippen molar-refractivity contribution < 1.29 is 9.13 Å². The van der Waals surface area contributed by atoms with Gasteiger partial charge in [0.1, 0.15) is 17.7 Å². The summed E-state index contributed by atoms with van der Waals surface area (Å²) in [6, 6.07) is 5.72. The van der Waals surface area contributed by atoms with Gasteiger partial charge in [-0.2, -0.15) is 0 Å². The highest BCUT2D eigenvalue weighted by Gasteiger charge is 2.15. The molecule has 0 saturated carbocycles. The van der Waals surface area contributed by atoms with Crippen LogP contribution in [-0.2, 0) is 0 Å². The van der Waals surface area contributed by atoms with E-state index in [0.29, 0.717) is 17.9 Å². The highest BCUT2D eigenvalue weighted by Crippen LogP contribution is 2.30. The Hall–Kier alpha value is -1.88. The molecule has 1 heterocycles. The molecule has 0 aliphatic heterocycles. The fourth-order valence-electron chi connectivity index (χ4n) is 1.64. The lowest BCUT2D eigenvalue weighted by Gasteiger charge is -2.18. The minimum Gasteiger partial charge on any atom is -0.483 e. The number of hydrogen-bond acceptors (Lipinski definition) is 4. The topological polar surface area (TPSA) is 61.0 Å². The van der Waals surface area contributed by atoms with Crippen LogP contribution in [0.15, 0.2) is 30.5 Å². The number of anilines is 1. The van der Waals surface area contributed by atoms with Crippen molar-refractivity contribution in [1.82, 2.24) is 9.97 Å². The summed E-state index contributed by atoms with van der Waals surface area (Å²) in [7, 11) is 0. The van der Waals surface area contributed by atoms with Gasteiger partial charge < -0.3 is 10.5 Å². The van der Waals surface area contributed by atoms with Crippen molar-refractivity contribution in [2.75, 3.05) is 5.73 Å². The second kappa shape index (κ2) is 5.84. The van der Waals surface area contributed by atoms with E-state index in [1.165, 1.54) is 18.2 Å². The molecule has 2 rings (SSSR count). The van der Waals surface area contributed by atoms with Crippen LogP contribution in [0.3, 0.4) is 0 Å². The van der Waals surface area contributed by atoms with Gasteiger partial charge in [-0.05, 0) is 30.7 Å². The van der Waals surface area contributed by atoms with Gasteiger partial charge in [-0.1, -0.05) is 18.5 Å². The van der Waals surface area contributed by atoms with Gasteiger partial charge in [-0.3, -0.25) is 0 Å². The van der Waals surface area contributed by atoms with Crippen molar-refractivity contribution in [2.45, 2.75) is 19.4 Å². The molecule has 0 spiro atoms. The van der Waals surface area contributed by atoms with Crippen molar-refractivity contribution in [2.24, 2.45) is 0 Å². The number of ether oxygens (including phenoxy) is 1. The Balaban J connectivity index is 2.24. The van der Waals surface area contributed by atoms with Gasteiger partial charge in [-0.15, -0.1) is 0 Å². The first-order valence-corrected chi connectivity index (χ1v) is 6.18. The van der Waals surface area contributed by atoms with E-state index in [0.717, 1.165) is 0 Å². The molecule has 100 valence electrons. The van der Waals surface area contributed by atoms with Crippen molar-refractivity contribution >= 4 is 17.5 Å². The van der Waals surface area contributed by atoms with Gasteiger partial charge in [0.05, 0.1) is 10.7 Å². The molecule has 0 radical (unpaired) electrons. The van der Waals surface area contributed by atoms with Crippen molar-refractivity contribution in [3.8, 4) is 5.75 Å². The molecule has 2 aromatic rings. The molecule has 2 N–H and O–H groups in total. The molecule has 4 nitrogen and oxygen atoms in total. The normalized spacial score (nSPS) is 12.2. The van der Waals surface area contributed by atoms with E-state index in [1.54, 1.807) is 12.3 Å². The van der Waals surface area contributed by atoms with Crippen molar-refractivity contribution in [1.29, 1.82) is 0 Å². The zero-order chi connectivity index (χ0) is 13.8. The van der Waals surface area contributed by atoms with Gasteiger partial charge in [0.2, 0.25) is 5.95 Å². The van der Waals surface area contributed by atoms with E-state index in [4.69, 9.17) is 22.1 Å². The third kappa shape index (κ3) is 3.32. The average Bonchev–Trinajstić information content (AvgIpc) is 2.38. The summed E-state index contributed by atoms with van der Waals surface area (Å²) >= 11 is 5.93. The Morgan fingerprint density at radius 1 is 1.42 bits per heavy atom. The third-order valence-electron chi connectivity index (χ3n) is 2.56. The summed E-state index contributed by atoms with van der Waals surface area (Å²) in [6.07, 6.45) is 1.92. The van der Waals surface area contributed by atoms with Crippen LogP contribution in [0.4, 0.5) is 10.3 Å². The number of aromatic nitrogens is 2. The van der Waals surface area contributed by atoms with Gasteiger partial charge in [-0.25, -0.2) is 14.4 Å². The van der Waals surface area contributed by atoms with Crippen LogP contribution in [0, 0.1) is 5.82 Å². The molecule has 0 amide bonds. The Morgan fingerprint density at radius 3 is 2.84 bits per heavy atom. The second-order valence-corrected chi connectivity index (χ2v) is 4.34. The molecular formula is C13H13ClFN3O. The number of nitrogens with zero attached hydrogens (tertiary/aromatic N) is 2. The molecule has 19 heavy (non-hydrogen) atoms. The highest BCUT2D eigenvalue weighted by molar-refractivity contribution is 6.32. The van der Waals surface area contributed by atoms with Gasteiger partial charge in [0.15, 0.2) is 0 Å². The molecule has 1 aromatic carbocycles. The smallest absolute Gasteiger partial charge is 0.220 e. The summed E-state index contributed by atoms with van der Waals surface area (Å²) in [5, 5.41) is 0.223. The van der Waals surface area contributed by atoms with E-state index in [1.807, 2.05) is 6.92 Å². The summed E-state index contributed by atoms with van der Waals surface area (Å²) in [4.78, 5) is 7.94. The molecule has 0 aliphatic rings. The second-order valence-electron chi connectivity index (χ2n) is 3.93. The molecule has 1 aromatic heterocycles. The summed E-state index contributed by atoms with van der Waals surface area (Å²) < 4.78 is 18.7. The van der Waals surface area contributed by atoms with Crippen LogP contribution in [-0.4, -0.2) is 9.97 Å². The van der Waals surface area contributed by atoms with Crippen LogP contribution in [0.25, 0.3) is 0 Å². The molecule has 0 bridgehead atoms. The number of rotatable bonds is 4. The lowest BCUT2D eigenvalue weighted by atomic mass is 10.2. The quantitative estimate of drug-likeness (QED) is 0.933. The Kier molecular flexibility index (Phi) is 4.16. The number of nitrogens with two attached hydrogens (primary N) is 1. The number of halogens is 2.